The number of thioether (sulfide) groups is 1. The Balaban J connectivity index is 1.37. The van der Waals surface area contributed by atoms with Gasteiger partial charge >= 0.3 is 0 Å². The number of amides is 2. The molecule has 0 bridgehead atoms. The van der Waals surface area contributed by atoms with E-state index in [0.29, 0.717) is 37.1 Å². The van der Waals surface area contributed by atoms with Gasteiger partial charge in [0.05, 0.1) is 18.8 Å². The van der Waals surface area contributed by atoms with Gasteiger partial charge in [-0.3, -0.25) is 14.8 Å². The first-order chi connectivity index (χ1) is 19.9. The van der Waals surface area contributed by atoms with Gasteiger partial charge in [-0.15, -0.1) is 0 Å². The van der Waals surface area contributed by atoms with Crippen LogP contribution in [0, 0.1) is 0 Å². The molecule has 1 fully saturated rings. The lowest BCUT2D eigenvalue weighted by atomic mass is 10.0. The number of anilines is 1. The summed E-state index contributed by atoms with van der Waals surface area (Å²) in [7, 11) is 1.97. The molecular formula is C30H38N4O6S. The summed E-state index contributed by atoms with van der Waals surface area (Å²) in [5.74, 6) is 0.237. The van der Waals surface area contributed by atoms with Crippen molar-refractivity contribution < 1.29 is 29.4 Å². The third kappa shape index (κ3) is 9.40. The number of nitrogens with zero attached hydrogens (tertiary/aromatic N) is 2. The van der Waals surface area contributed by atoms with E-state index in [9.17, 15) is 14.7 Å². The zero-order valence-corrected chi connectivity index (χ0v) is 24.0. The molecule has 4 rings (SSSR count). The zero-order valence-electron chi connectivity index (χ0n) is 23.2. The average molecular weight is 583 g/mol. The van der Waals surface area contributed by atoms with Crippen molar-refractivity contribution >= 4 is 29.3 Å². The molecular weight excluding hydrogens is 544 g/mol. The SMILES string of the molecule is Cn1ccnc1SC[C@H]1C[C@@H](c2ccc(CO)cc2)O[C@@H](c2cccc(NC(=O)CCCCCCC(=O)NO)c2)O1. The van der Waals surface area contributed by atoms with Crippen LogP contribution in [0.4, 0.5) is 5.69 Å². The highest BCUT2D eigenvalue weighted by atomic mass is 32.2. The topological polar surface area (TPSA) is 135 Å². The van der Waals surface area contributed by atoms with Crippen molar-refractivity contribution in [3.63, 3.8) is 0 Å². The Bertz CT molecular complexity index is 1270. The van der Waals surface area contributed by atoms with Gasteiger partial charge in [-0.2, -0.15) is 0 Å². The smallest absolute Gasteiger partial charge is 0.243 e. The first-order valence-corrected chi connectivity index (χ1v) is 14.9. The molecule has 1 aliphatic rings. The highest BCUT2D eigenvalue weighted by Gasteiger charge is 2.32. The number of carbonyl (C=O) groups excluding carboxylic acids is 2. The predicted molar refractivity (Wildman–Crippen MR) is 155 cm³/mol. The Labute approximate surface area is 244 Å². The molecule has 11 heteroatoms. The number of hydroxylamine groups is 1. The third-order valence-corrected chi connectivity index (χ3v) is 8.11. The largest absolute Gasteiger partial charge is 0.392 e. The van der Waals surface area contributed by atoms with Crippen molar-refractivity contribution in [2.75, 3.05) is 11.1 Å². The molecule has 41 heavy (non-hydrogen) atoms. The first kappa shape index (κ1) is 30.7. The van der Waals surface area contributed by atoms with E-state index in [0.717, 1.165) is 34.7 Å². The van der Waals surface area contributed by atoms with Gasteiger partial charge in [0, 0.05) is 55.7 Å². The second-order valence-corrected chi connectivity index (χ2v) is 11.1. The van der Waals surface area contributed by atoms with E-state index in [2.05, 4.69) is 10.3 Å². The molecule has 3 aromatic rings. The number of nitrogens with one attached hydrogen (secondary N) is 2. The summed E-state index contributed by atoms with van der Waals surface area (Å²) < 4.78 is 14.8. The number of rotatable bonds is 14. The lowest BCUT2D eigenvalue weighted by molar-refractivity contribution is -0.245. The van der Waals surface area contributed by atoms with E-state index in [1.54, 1.807) is 23.4 Å². The second kappa shape index (κ2) is 15.7. The minimum absolute atomic E-state index is 0.0116. The number of benzene rings is 2. The highest BCUT2D eigenvalue weighted by Crippen LogP contribution is 2.39. The zero-order chi connectivity index (χ0) is 29.0. The molecule has 3 atom stereocenters. The van der Waals surface area contributed by atoms with Crippen molar-refractivity contribution in [1.29, 1.82) is 0 Å². The summed E-state index contributed by atoms with van der Waals surface area (Å²) in [4.78, 5) is 28.0. The maximum atomic E-state index is 12.6. The van der Waals surface area contributed by atoms with Gasteiger partial charge in [0.25, 0.3) is 0 Å². The Hall–Kier alpha value is -3.22. The summed E-state index contributed by atoms with van der Waals surface area (Å²) in [5, 5.41) is 21.9. The Morgan fingerprint density at radius 2 is 1.78 bits per heavy atom. The van der Waals surface area contributed by atoms with Crippen molar-refractivity contribution in [2.24, 2.45) is 7.05 Å². The molecule has 1 aliphatic heterocycles. The van der Waals surface area contributed by atoms with Crippen molar-refractivity contribution in [1.82, 2.24) is 15.0 Å². The summed E-state index contributed by atoms with van der Waals surface area (Å²) in [6.07, 6.45) is 7.14. The molecule has 0 unspecified atom stereocenters. The highest BCUT2D eigenvalue weighted by molar-refractivity contribution is 7.99. The molecule has 0 aliphatic carbocycles. The monoisotopic (exact) mass is 582 g/mol. The van der Waals surface area contributed by atoms with Gasteiger partial charge in [0.15, 0.2) is 11.4 Å². The van der Waals surface area contributed by atoms with Gasteiger partial charge < -0.3 is 24.5 Å². The standard InChI is InChI=1S/C30H38N4O6S/c1-34-16-15-31-30(34)41-20-25-18-26(22-13-11-21(19-35)12-14-22)40-29(39-25)23-7-6-8-24(17-23)32-27(36)9-4-2-3-5-10-28(37)33-38/h6-8,11-17,25-26,29,35,38H,2-5,9-10,18-20H2,1H3,(H,32,36)(H,33,37)/t25-,26+,29+/m1/s1. The number of aliphatic hydroxyl groups is 1. The number of aromatic nitrogens is 2. The minimum Gasteiger partial charge on any atom is -0.392 e. The maximum absolute atomic E-state index is 12.6. The van der Waals surface area contributed by atoms with E-state index in [4.69, 9.17) is 14.7 Å². The molecule has 0 radical (unpaired) electrons. The third-order valence-electron chi connectivity index (χ3n) is 6.92. The molecule has 0 spiro atoms. The fourth-order valence-corrected chi connectivity index (χ4v) is 5.60. The fraction of sp³-hybridized carbons (Fsp3) is 0.433. The summed E-state index contributed by atoms with van der Waals surface area (Å²) >= 11 is 1.64. The van der Waals surface area contributed by atoms with Crippen LogP contribution in [0.25, 0.3) is 0 Å². The van der Waals surface area contributed by atoms with Crippen LogP contribution in [-0.4, -0.2) is 43.5 Å². The molecule has 1 saturated heterocycles. The Morgan fingerprint density at radius 3 is 2.46 bits per heavy atom. The average Bonchev–Trinajstić information content (AvgIpc) is 3.42. The van der Waals surface area contributed by atoms with Crippen LogP contribution in [-0.2, 0) is 32.7 Å². The lowest BCUT2D eigenvalue weighted by Crippen LogP contribution is -2.31. The summed E-state index contributed by atoms with van der Waals surface area (Å²) in [5.41, 5.74) is 4.98. The molecule has 2 heterocycles. The minimum atomic E-state index is -0.619. The van der Waals surface area contributed by atoms with Gasteiger partial charge in [0.1, 0.15) is 0 Å². The molecule has 10 nitrogen and oxygen atoms in total. The van der Waals surface area contributed by atoms with Crippen molar-refractivity contribution in [3.05, 3.63) is 77.6 Å². The molecule has 2 aromatic carbocycles. The van der Waals surface area contributed by atoms with Crippen LogP contribution in [0.2, 0.25) is 0 Å². The van der Waals surface area contributed by atoms with Gasteiger partial charge in [-0.25, -0.2) is 10.5 Å². The fourth-order valence-electron chi connectivity index (χ4n) is 4.65. The van der Waals surface area contributed by atoms with Crippen LogP contribution in [0.1, 0.15) is 74.0 Å². The molecule has 0 saturated carbocycles. The number of hydrogen-bond acceptors (Lipinski definition) is 8. The predicted octanol–water partition coefficient (Wildman–Crippen LogP) is 5.03. The Kier molecular flexibility index (Phi) is 11.8. The summed E-state index contributed by atoms with van der Waals surface area (Å²) in [6.45, 7) is -0.0116. The van der Waals surface area contributed by atoms with E-state index >= 15 is 0 Å². The molecule has 4 N–H and O–H groups in total. The Morgan fingerprint density at radius 1 is 1.02 bits per heavy atom. The number of unbranched alkanes of at least 4 members (excludes halogenated alkanes) is 3. The maximum Gasteiger partial charge on any atom is 0.243 e. The number of hydrogen-bond donors (Lipinski definition) is 4. The normalized spacial score (nSPS) is 18.7. The van der Waals surface area contributed by atoms with E-state index < -0.39 is 12.2 Å². The molecule has 2 amide bonds. The van der Waals surface area contributed by atoms with Crippen LogP contribution in [0.3, 0.4) is 0 Å². The lowest BCUT2D eigenvalue weighted by Gasteiger charge is -2.36. The van der Waals surface area contributed by atoms with E-state index in [1.165, 1.54) is 0 Å². The van der Waals surface area contributed by atoms with Crippen LogP contribution < -0.4 is 10.8 Å². The quantitative estimate of drug-likeness (QED) is 0.0899. The summed E-state index contributed by atoms with van der Waals surface area (Å²) in [6, 6.07) is 15.3. The first-order valence-electron chi connectivity index (χ1n) is 13.9. The number of carbonyl (C=O) groups is 2. The number of ether oxygens (including phenoxy) is 2. The van der Waals surface area contributed by atoms with Crippen LogP contribution >= 0.6 is 11.8 Å². The second-order valence-electron chi connectivity index (χ2n) is 10.1. The van der Waals surface area contributed by atoms with Crippen molar-refractivity contribution in [2.45, 2.75) is 75.2 Å². The number of aryl methyl sites for hydroxylation is 1. The molecule has 1 aromatic heterocycles. The van der Waals surface area contributed by atoms with E-state index in [1.807, 2.05) is 66.3 Å². The van der Waals surface area contributed by atoms with Gasteiger partial charge in [-0.1, -0.05) is 61.0 Å². The number of aliphatic hydroxyl groups excluding tert-OH is 1. The van der Waals surface area contributed by atoms with Gasteiger partial charge in [0.2, 0.25) is 11.8 Å². The van der Waals surface area contributed by atoms with Crippen LogP contribution in [0.5, 0.6) is 0 Å². The number of imidazole rings is 1. The van der Waals surface area contributed by atoms with Gasteiger partial charge in [-0.05, 0) is 36.1 Å². The van der Waals surface area contributed by atoms with Crippen LogP contribution in [0.15, 0.2) is 66.1 Å². The molecule has 220 valence electrons. The van der Waals surface area contributed by atoms with E-state index in [-0.39, 0.29) is 31.1 Å². The van der Waals surface area contributed by atoms with Crippen molar-refractivity contribution in [3.8, 4) is 0 Å².